The highest BCUT2D eigenvalue weighted by atomic mass is 32.2. The summed E-state index contributed by atoms with van der Waals surface area (Å²) in [6, 6.07) is 20.1. The first-order valence-corrected chi connectivity index (χ1v) is 12.4. The lowest BCUT2D eigenvalue weighted by atomic mass is 9.87. The van der Waals surface area contributed by atoms with Gasteiger partial charge in [-0.3, -0.25) is 4.79 Å². The summed E-state index contributed by atoms with van der Waals surface area (Å²) in [4.78, 5) is 13.5. The molecule has 0 spiro atoms. The summed E-state index contributed by atoms with van der Waals surface area (Å²) in [6.07, 6.45) is -1.05. The fraction of sp³-hybridized carbons (Fsp3) is 0.296. The Morgan fingerprint density at radius 2 is 1.38 bits per heavy atom. The lowest BCUT2D eigenvalue weighted by Gasteiger charge is -2.26. The summed E-state index contributed by atoms with van der Waals surface area (Å²) in [5, 5.41) is 0. The van der Waals surface area contributed by atoms with Crippen LogP contribution in [-0.4, -0.2) is 27.5 Å². The zero-order chi connectivity index (χ0) is 25.1. The van der Waals surface area contributed by atoms with E-state index >= 15 is 0 Å². The molecule has 0 heterocycles. The number of amides is 1. The number of carbonyl (C=O) groups is 1. The Labute approximate surface area is 202 Å². The molecule has 3 rings (SSSR count). The standard InChI is InChI=1S/C27H31NO5S/c1-19-7-17-25(18-8-19)34(30,31)28(22-11-15-23(32-6)16-12-22)26(29)20(2)33-24-13-9-21(10-14-24)27(3,4)5/h7-18,20H,1-6H3. The molecule has 7 heteroatoms. The summed E-state index contributed by atoms with van der Waals surface area (Å²) in [5.74, 6) is 0.328. The van der Waals surface area contributed by atoms with Gasteiger partial charge in [-0.1, -0.05) is 50.6 Å². The molecule has 180 valence electrons. The lowest BCUT2D eigenvalue weighted by molar-refractivity contribution is -0.123. The van der Waals surface area contributed by atoms with Crippen LogP contribution in [0.25, 0.3) is 0 Å². The van der Waals surface area contributed by atoms with Gasteiger partial charge in [0.1, 0.15) is 11.5 Å². The van der Waals surface area contributed by atoms with Crippen molar-refractivity contribution < 1.29 is 22.7 Å². The second kappa shape index (κ2) is 9.89. The molecule has 0 aliphatic rings. The lowest BCUT2D eigenvalue weighted by Crippen LogP contribution is -2.44. The molecule has 3 aromatic carbocycles. The van der Waals surface area contributed by atoms with Crippen LogP contribution in [0.2, 0.25) is 0 Å². The fourth-order valence-corrected chi connectivity index (χ4v) is 4.85. The number of benzene rings is 3. The van der Waals surface area contributed by atoms with E-state index < -0.39 is 22.0 Å². The van der Waals surface area contributed by atoms with Gasteiger partial charge < -0.3 is 9.47 Å². The summed E-state index contributed by atoms with van der Waals surface area (Å²) in [5.41, 5.74) is 2.22. The summed E-state index contributed by atoms with van der Waals surface area (Å²) in [7, 11) is -2.67. The SMILES string of the molecule is COc1ccc(N(C(=O)C(C)Oc2ccc(C(C)(C)C)cc2)S(=O)(=O)c2ccc(C)cc2)cc1. The number of carbonyl (C=O) groups excluding carboxylic acids is 1. The summed E-state index contributed by atoms with van der Waals surface area (Å²) < 4.78 is 39.0. The number of sulfonamides is 1. The van der Waals surface area contributed by atoms with Gasteiger partial charge in [-0.15, -0.1) is 0 Å². The van der Waals surface area contributed by atoms with Crippen molar-refractivity contribution in [2.75, 3.05) is 11.4 Å². The van der Waals surface area contributed by atoms with Crippen molar-refractivity contribution >= 4 is 21.6 Å². The minimum absolute atomic E-state index is 0.0176. The topological polar surface area (TPSA) is 72.9 Å². The molecule has 0 aromatic heterocycles. The van der Waals surface area contributed by atoms with Crippen molar-refractivity contribution in [3.05, 3.63) is 83.9 Å². The van der Waals surface area contributed by atoms with Gasteiger partial charge in [-0.2, -0.15) is 4.31 Å². The smallest absolute Gasteiger partial charge is 0.281 e. The van der Waals surface area contributed by atoms with E-state index in [1.165, 1.54) is 31.4 Å². The molecular formula is C27H31NO5S. The van der Waals surface area contributed by atoms with Gasteiger partial charge in [0.15, 0.2) is 6.10 Å². The van der Waals surface area contributed by atoms with Crippen molar-refractivity contribution in [1.29, 1.82) is 0 Å². The number of aryl methyl sites for hydroxylation is 1. The second-order valence-electron chi connectivity index (χ2n) is 9.15. The van der Waals surface area contributed by atoms with E-state index in [0.29, 0.717) is 11.5 Å². The van der Waals surface area contributed by atoms with Crippen LogP contribution in [0, 0.1) is 6.92 Å². The largest absolute Gasteiger partial charge is 0.497 e. The van der Waals surface area contributed by atoms with Crippen LogP contribution in [0.3, 0.4) is 0 Å². The van der Waals surface area contributed by atoms with Crippen LogP contribution in [-0.2, 0) is 20.2 Å². The number of anilines is 1. The third-order valence-corrected chi connectivity index (χ3v) is 7.19. The van der Waals surface area contributed by atoms with Gasteiger partial charge in [0.05, 0.1) is 17.7 Å². The van der Waals surface area contributed by atoms with E-state index in [9.17, 15) is 13.2 Å². The number of hydrogen-bond donors (Lipinski definition) is 0. The Balaban J connectivity index is 1.96. The van der Waals surface area contributed by atoms with Crippen molar-refractivity contribution in [3.8, 4) is 11.5 Å². The molecule has 0 saturated carbocycles. The molecule has 1 atom stereocenters. The third kappa shape index (κ3) is 5.59. The Kier molecular flexibility index (Phi) is 7.36. The van der Waals surface area contributed by atoms with Crippen molar-refractivity contribution in [2.24, 2.45) is 0 Å². The molecule has 0 aliphatic carbocycles. The molecule has 0 radical (unpaired) electrons. The molecule has 0 bridgehead atoms. The minimum atomic E-state index is -4.19. The highest BCUT2D eigenvalue weighted by Crippen LogP contribution is 2.29. The maximum atomic E-state index is 13.6. The van der Waals surface area contributed by atoms with E-state index in [4.69, 9.17) is 9.47 Å². The first-order chi connectivity index (χ1) is 15.9. The fourth-order valence-electron chi connectivity index (χ4n) is 3.37. The van der Waals surface area contributed by atoms with Crippen LogP contribution < -0.4 is 13.8 Å². The molecule has 0 fully saturated rings. The zero-order valence-corrected chi connectivity index (χ0v) is 21.2. The number of ether oxygens (including phenoxy) is 2. The van der Waals surface area contributed by atoms with Gasteiger partial charge in [0.2, 0.25) is 0 Å². The average molecular weight is 482 g/mol. The number of rotatable bonds is 7. The molecule has 0 aliphatic heterocycles. The molecule has 34 heavy (non-hydrogen) atoms. The molecule has 1 unspecified atom stereocenters. The molecule has 3 aromatic rings. The van der Waals surface area contributed by atoms with E-state index in [0.717, 1.165) is 15.4 Å². The zero-order valence-electron chi connectivity index (χ0n) is 20.4. The Hall–Kier alpha value is -3.32. The van der Waals surface area contributed by atoms with Crippen molar-refractivity contribution in [1.82, 2.24) is 0 Å². The van der Waals surface area contributed by atoms with Gasteiger partial charge in [-0.25, -0.2) is 8.42 Å². The minimum Gasteiger partial charge on any atom is -0.497 e. The van der Waals surface area contributed by atoms with E-state index in [-0.39, 0.29) is 16.0 Å². The molecule has 0 N–H and O–H groups in total. The molecule has 1 amide bonds. The van der Waals surface area contributed by atoms with E-state index in [1.54, 1.807) is 43.3 Å². The predicted molar refractivity (Wildman–Crippen MR) is 134 cm³/mol. The quantitative estimate of drug-likeness (QED) is 0.446. The monoisotopic (exact) mass is 481 g/mol. The number of hydrogen-bond acceptors (Lipinski definition) is 5. The first kappa shape index (κ1) is 25.3. The normalized spacial score (nSPS) is 12.6. The first-order valence-electron chi connectivity index (χ1n) is 11.0. The summed E-state index contributed by atoms with van der Waals surface area (Å²) >= 11 is 0. The van der Waals surface area contributed by atoms with Gasteiger partial charge in [0.25, 0.3) is 15.9 Å². The van der Waals surface area contributed by atoms with Gasteiger partial charge in [-0.05, 0) is 73.4 Å². The van der Waals surface area contributed by atoms with Crippen LogP contribution in [0.5, 0.6) is 11.5 Å². The van der Waals surface area contributed by atoms with Crippen molar-refractivity contribution in [2.45, 2.75) is 51.0 Å². The number of methoxy groups -OCH3 is 1. The maximum Gasteiger partial charge on any atom is 0.281 e. The van der Waals surface area contributed by atoms with Crippen LogP contribution >= 0.6 is 0 Å². The molecule has 6 nitrogen and oxygen atoms in total. The van der Waals surface area contributed by atoms with Gasteiger partial charge >= 0.3 is 0 Å². The van der Waals surface area contributed by atoms with Crippen LogP contribution in [0.4, 0.5) is 5.69 Å². The van der Waals surface area contributed by atoms with Crippen LogP contribution in [0.15, 0.2) is 77.7 Å². The van der Waals surface area contributed by atoms with Gasteiger partial charge in [0, 0.05) is 0 Å². The third-order valence-electron chi connectivity index (χ3n) is 5.45. The molecular weight excluding hydrogens is 450 g/mol. The maximum absolute atomic E-state index is 13.6. The van der Waals surface area contributed by atoms with E-state index in [2.05, 4.69) is 20.8 Å². The van der Waals surface area contributed by atoms with E-state index in [1.807, 2.05) is 19.1 Å². The predicted octanol–water partition coefficient (Wildman–Crippen LogP) is 5.49. The van der Waals surface area contributed by atoms with Crippen LogP contribution in [0.1, 0.15) is 38.8 Å². The highest BCUT2D eigenvalue weighted by Gasteiger charge is 2.35. The van der Waals surface area contributed by atoms with Crippen molar-refractivity contribution in [3.63, 3.8) is 0 Å². The average Bonchev–Trinajstić information content (AvgIpc) is 2.79. The molecule has 0 saturated heterocycles. The summed E-state index contributed by atoms with van der Waals surface area (Å²) in [6.45, 7) is 9.73. The highest BCUT2D eigenvalue weighted by molar-refractivity contribution is 7.93. The Bertz CT molecular complexity index is 1230. The number of nitrogens with zero attached hydrogens (tertiary/aromatic N) is 1. The second-order valence-corrected chi connectivity index (χ2v) is 10.9. The Morgan fingerprint density at radius 1 is 0.853 bits per heavy atom. The Morgan fingerprint density at radius 3 is 1.88 bits per heavy atom.